The molecule has 1 spiro atoms. The third-order valence-corrected chi connectivity index (χ3v) is 6.00. The second-order valence-electron chi connectivity index (χ2n) is 6.72. The second-order valence-corrected chi connectivity index (χ2v) is 6.72. The molecule has 94 valence electrons. The number of hydrogen-bond donors (Lipinski definition) is 0. The van der Waals surface area contributed by atoms with Crippen LogP contribution in [0, 0.1) is 23.7 Å². The minimum absolute atomic E-state index is 0.145. The predicted octanol–water partition coefficient (Wildman–Crippen LogP) is 2.14. The lowest BCUT2D eigenvalue weighted by Gasteiger charge is -2.54. The van der Waals surface area contributed by atoms with E-state index < -0.39 is 5.60 Å². The molecule has 5 fully saturated rings. The first-order chi connectivity index (χ1) is 8.10. The number of carbonyl (C=O) groups is 1. The molecule has 0 aromatic rings. The summed E-state index contributed by atoms with van der Waals surface area (Å²) in [6, 6.07) is 0. The van der Waals surface area contributed by atoms with Gasteiger partial charge in [-0.25, -0.2) is 4.79 Å². The Kier molecular flexibility index (Phi) is 1.75. The minimum Gasteiger partial charge on any atom is -0.467 e. The van der Waals surface area contributed by atoms with E-state index in [1.165, 1.54) is 39.2 Å². The van der Waals surface area contributed by atoms with Crippen molar-refractivity contribution in [3.8, 4) is 0 Å². The first kappa shape index (κ1) is 10.4. The lowest BCUT2D eigenvalue weighted by molar-refractivity contribution is -0.146. The van der Waals surface area contributed by atoms with E-state index in [-0.39, 0.29) is 11.6 Å². The standard InChI is InChI=1S/C14H20O3/c1-13(12(15)16-2)14(17-13)10-4-8-3-9(6-10)7-11(14)5-8/h8-11H,3-7H2,1-2H3. The van der Waals surface area contributed by atoms with Crippen LogP contribution in [0.15, 0.2) is 0 Å². The molecule has 1 aliphatic heterocycles. The van der Waals surface area contributed by atoms with E-state index in [0.29, 0.717) is 11.8 Å². The number of carbonyl (C=O) groups excluding carboxylic acids is 1. The zero-order valence-electron chi connectivity index (χ0n) is 10.6. The number of esters is 1. The summed E-state index contributed by atoms with van der Waals surface area (Å²) in [5.74, 6) is 2.89. The minimum atomic E-state index is -0.635. The van der Waals surface area contributed by atoms with Crippen molar-refractivity contribution in [3.05, 3.63) is 0 Å². The largest absolute Gasteiger partial charge is 0.467 e. The summed E-state index contributed by atoms with van der Waals surface area (Å²) in [6.07, 6.45) is 6.54. The maximum atomic E-state index is 11.9. The number of hydrogen-bond acceptors (Lipinski definition) is 3. The fourth-order valence-corrected chi connectivity index (χ4v) is 5.54. The molecule has 0 amide bonds. The van der Waals surface area contributed by atoms with Crippen molar-refractivity contribution in [1.29, 1.82) is 0 Å². The first-order valence-electron chi connectivity index (χ1n) is 6.88. The van der Waals surface area contributed by atoms with E-state index in [0.717, 1.165) is 11.8 Å². The smallest absolute Gasteiger partial charge is 0.340 e. The average Bonchev–Trinajstić information content (AvgIpc) is 2.93. The third-order valence-electron chi connectivity index (χ3n) is 6.00. The molecule has 3 nitrogen and oxygen atoms in total. The summed E-state index contributed by atoms with van der Waals surface area (Å²) >= 11 is 0. The fourth-order valence-electron chi connectivity index (χ4n) is 5.54. The van der Waals surface area contributed by atoms with Gasteiger partial charge >= 0.3 is 5.97 Å². The maximum absolute atomic E-state index is 11.9. The molecule has 1 unspecified atom stereocenters. The molecule has 0 aromatic carbocycles. The van der Waals surface area contributed by atoms with Crippen LogP contribution in [0.2, 0.25) is 0 Å². The average molecular weight is 236 g/mol. The van der Waals surface area contributed by atoms with E-state index in [2.05, 4.69) is 0 Å². The normalized spacial score (nSPS) is 58.5. The van der Waals surface area contributed by atoms with Crippen molar-refractivity contribution in [3.63, 3.8) is 0 Å². The molecule has 4 saturated carbocycles. The summed E-state index contributed by atoms with van der Waals surface area (Å²) in [4.78, 5) is 11.9. The van der Waals surface area contributed by atoms with E-state index in [9.17, 15) is 4.79 Å². The van der Waals surface area contributed by atoms with Crippen LogP contribution in [0.1, 0.15) is 39.0 Å². The highest BCUT2D eigenvalue weighted by Gasteiger charge is 2.81. The van der Waals surface area contributed by atoms with Crippen LogP contribution in [0.3, 0.4) is 0 Å². The number of ether oxygens (including phenoxy) is 2. The number of methoxy groups -OCH3 is 1. The Balaban J connectivity index is 1.70. The Labute approximate surface area is 102 Å². The Morgan fingerprint density at radius 1 is 1.12 bits per heavy atom. The molecule has 1 atom stereocenters. The van der Waals surface area contributed by atoms with Crippen LogP contribution in [0.25, 0.3) is 0 Å². The molecule has 0 N–H and O–H groups in total. The van der Waals surface area contributed by atoms with Gasteiger partial charge in [-0.05, 0) is 62.7 Å². The highest BCUT2D eigenvalue weighted by atomic mass is 16.7. The van der Waals surface area contributed by atoms with Gasteiger partial charge in [0, 0.05) is 0 Å². The summed E-state index contributed by atoms with van der Waals surface area (Å²) in [5.41, 5.74) is -0.780. The molecule has 3 heteroatoms. The highest BCUT2D eigenvalue weighted by Crippen LogP contribution is 2.70. The van der Waals surface area contributed by atoms with Gasteiger partial charge in [-0.2, -0.15) is 0 Å². The van der Waals surface area contributed by atoms with Crippen molar-refractivity contribution >= 4 is 5.97 Å². The van der Waals surface area contributed by atoms with E-state index >= 15 is 0 Å². The summed E-state index contributed by atoms with van der Waals surface area (Å²) < 4.78 is 11.0. The van der Waals surface area contributed by atoms with Gasteiger partial charge in [0.05, 0.1) is 7.11 Å². The number of epoxide rings is 1. The first-order valence-corrected chi connectivity index (χ1v) is 6.88. The number of rotatable bonds is 1. The molecule has 4 aliphatic carbocycles. The van der Waals surface area contributed by atoms with E-state index in [1.807, 2.05) is 6.92 Å². The van der Waals surface area contributed by atoms with Gasteiger partial charge in [0.2, 0.25) is 0 Å². The summed E-state index contributed by atoms with van der Waals surface area (Å²) in [5, 5.41) is 0. The van der Waals surface area contributed by atoms with Crippen molar-refractivity contribution in [2.75, 3.05) is 7.11 Å². The molecule has 5 rings (SSSR count). The predicted molar refractivity (Wildman–Crippen MR) is 61.3 cm³/mol. The fraction of sp³-hybridized carbons (Fsp3) is 0.929. The molecule has 1 heterocycles. The molecule has 0 aromatic heterocycles. The molecule has 0 radical (unpaired) electrons. The van der Waals surface area contributed by atoms with E-state index in [4.69, 9.17) is 9.47 Å². The Morgan fingerprint density at radius 3 is 2.12 bits per heavy atom. The topological polar surface area (TPSA) is 38.8 Å². The van der Waals surface area contributed by atoms with Crippen molar-refractivity contribution in [2.45, 2.75) is 50.2 Å². The van der Waals surface area contributed by atoms with Gasteiger partial charge in [-0.15, -0.1) is 0 Å². The lowest BCUT2D eigenvalue weighted by Crippen LogP contribution is -2.55. The van der Waals surface area contributed by atoms with E-state index in [1.54, 1.807) is 0 Å². The summed E-state index contributed by atoms with van der Waals surface area (Å²) in [6.45, 7) is 1.95. The van der Waals surface area contributed by atoms with Crippen LogP contribution < -0.4 is 0 Å². The molecular formula is C14H20O3. The third kappa shape index (κ3) is 1.01. The van der Waals surface area contributed by atoms with Gasteiger partial charge in [0.1, 0.15) is 5.60 Å². The second kappa shape index (κ2) is 2.87. The molecule has 1 saturated heterocycles. The van der Waals surface area contributed by atoms with Crippen LogP contribution in [0.4, 0.5) is 0 Å². The zero-order valence-corrected chi connectivity index (χ0v) is 10.6. The van der Waals surface area contributed by atoms with Crippen molar-refractivity contribution in [2.24, 2.45) is 23.7 Å². The maximum Gasteiger partial charge on any atom is 0.340 e. The SMILES string of the molecule is COC(=O)C1(C)OC12C1CC3CC(C1)CC2C3. The summed E-state index contributed by atoms with van der Waals surface area (Å²) in [7, 11) is 1.47. The van der Waals surface area contributed by atoms with Gasteiger partial charge < -0.3 is 9.47 Å². The molecule has 4 bridgehead atoms. The lowest BCUT2D eigenvalue weighted by atomic mass is 9.49. The highest BCUT2D eigenvalue weighted by molar-refractivity contribution is 5.84. The molecule has 17 heavy (non-hydrogen) atoms. The molecular weight excluding hydrogens is 216 g/mol. The monoisotopic (exact) mass is 236 g/mol. The van der Waals surface area contributed by atoms with Gasteiger partial charge in [0.25, 0.3) is 0 Å². The van der Waals surface area contributed by atoms with Gasteiger partial charge in [0.15, 0.2) is 5.60 Å². The van der Waals surface area contributed by atoms with Crippen LogP contribution in [-0.4, -0.2) is 24.3 Å². The van der Waals surface area contributed by atoms with Crippen molar-refractivity contribution in [1.82, 2.24) is 0 Å². The van der Waals surface area contributed by atoms with Gasteiger partial charge in [-0.1, -0.05) is 0 Å². The Hall–Kier alpha value is -0.570. The van der Waals surface area contributed by atoms with Crippen LogP contribution >= 0.6 is 0 Å². The van der Waals surface area contributed by atoms with Crippen LogP contribution in [-0.2, 0) is 14.3 Å². The van der Waals surface area contributed by atoms with Crippen LogP contribution in [0.5, 0.6) is 0 Å². The van der Waals surface area contributed by atoms with Gasteiger partial charge in [-0.3, -0.25) is 0 Å². The Bertz CT molecular complexity index is 361. The quantitative estimate of drug-likeness (QED) is 0.517. The van der Waals surface area contributed by atoms with Crippen molar-refractivity contribution < 1.29 is 14.3 Å². The Morgan fingerprint density at radius 2 is 1.65 bits per heavy atom. The zero-order chi connectivity index (χ0) is 11.8. The molecule has 5 aliphatic rings.